The SMILES string of the molecule is CN(CCOc1ccc(Cl)cc1)C(=O)c1cccc(CS(C)(=O)=O)c1. The predicted octanol–water partition coefficient (Wildman–Crippen LogP) is 3.04. The lowest BCUT2D eigenvalue weighted by molar-refractivity contribution is 0.0773. The van der Waals surface area contributed by atoms with Gasteiger partial charge in [-0.2, -0.15) is 0 Å². The molecule has 2 rings (SSSR count). The highest BCUT2D eigenvalue weighted by Gasteiger charge is 2.13. The number of hydrogen-bond donors (Lipinski definition) is 0. The van der Waals surface area contributed by atoms with E-state index in [1.807, 2.05) is 0 Å². The molecule has 0 fully saturated rings. The van der Waals surface area contributed by atoms with Crippen molar-refractivity contribution in [2.24, 2.45) is 0 Å². The van der Waals surface area contributed by atoms with Gasteiger partial charge in [0.15, 0.2) is 9.84 Å². The van der Waals surface area contributed by atoms with Gasteiger partial charge in [-0.25, -0.2) is 8.42 Å². The Hall–Kier alpha value is -2.05. The molecule has 0 aromatic heterocycles. The van der Waals surface area contributed by atoms with Crippen LogP contribution >= 0.6 is 11.6 Å². The number of sulfone groups is 1. The Morgan fingerprint density at radius 3 is 2.48 bits per heavy atom. The second-order valence-electron chi connectivity index (χ2n) is 5.80. The molecule has 0 radical (unpaired) electrons. The van der Waals surface area contributed by atoms with Crippen molar-refractivity contribution < 1.29 is 17.9 Å². The maximum Gasteiger partial charge on any atom is 0.253 e. The molecule has 0 saturated heterocycles. The van der Waals surface area contributed by atoms with Crippen molar-refractivity contribution in [2.75, 3.05) is 26.5 Å². The molecule has 0 aliphatic heterocycles. The number of amides is 1. The molecule has 134 valence electrons. The van der Waals surface area contributed by atoms with E-state index in [9.17, 15) is 13.2 Å². The van der Waals surface area contributed by atoms with Crippen molar-refractivity contribution >= 4 is 27.3 Å². The highest BCUT2D eigenvalue weighted by Crippen LogP contribution is 2.15. The second kappa shape index (κ2) is 8.36. The van der Waals surface area contributed by atoms with Gasteiger partial charge in [-0.1, -0.05) is 23.7 Å². The highest BCUT2D eigenvalue weighted by molar-refractivity contribution is 7.89. The zero-order valence-electron chi connectivity index (χ0n) is 14.1. The third-order valence-corrected chi connectivity index (χ3v) is 4.57. The molecule has 0 N–H and O–H groups in total. The fraction of sp³-hybridized carbons (Fsp3) is 0.278. The Labute approximate surface area is 153 Å². The minimum Gasteiger partial charge on any atom is -0.492 e. The first-order valence-electron chi connectivity index (χ1n) is 7.65. The average molecular weight is 382 g/mol. The van der Waals surface area contributed by atoms with Crippen LogP contribution in [0, 0.1) is 0 Å². The van der Waals surface area contributed by atoms with Crippen LogP contribution in [-0.2, 0) is 15.6 Å². The zero-order valence-corrected chi connectivity index (χ0v) is 15.7. The maximum absolute atomic E-state index is 12.5. The van der Waals surface area contributed by atoms with Gasteiger partial charge in [-0.05, 0) is 42.0 Å². The number of carbonyl (C=O) groups excluding carboxylic acids is 1. The summed E-state index contributed by atoms with van der Waals surface area (Å²) in [6.45, 7) is 0.741. The molecule has 1 amide bonds. The molecule has 5 nitrogen and oxygen atoms in total. The Morgan fingerprint density at radius 2 is 1.84 bits per heavy atom. The van der Waals surface area contributed by atoms with E-state index in [-0.39, 0.29) is 11.7 Å². The van der Waals surface area contributed by atoms with E-state index in [2.05, 4.69) is 0 Å². The topological polar surface area (TPSA) is 63.7 Å². The summed E-state index contributed by atoms with van der Waals surface area (Å²) in [5.74, 6) is 0.410. The minimum absolute atomic E-state index is 0.0858. The molecule has 0 atom stereocenters. The van der Waals surface area contributed by atoms with Crippen molar-refractivity contribution in [3.8, 4) is 5.75 Å². The van der Waals surface area contributed by atoms with Gasteiger partial charge >= 0.3 is 0 Å². The van der Waals surface area contributed by atoms with Crippen LogP contribution in [0.25, 0.3) is 0 Å². The third-order valence-electron chi connectivity index (χ3n) is 3.46. The summed E-state index contributed by atoms with van der Waals surface area (Å²) in [7, 11) is -1.46. The predicted molar refractivity (Wildman–Crippen MR) is 98.9 cm³/mol. The molecule has 2 aromatic carbocycles. The van der Waals surface area contributed by atoms with Gasteiger partial charge in [0.2, 0.25) is 0 Å². The van der Waals surface area contributed by atoms with E-state index >= 15 is 0 Å². The van der Waals surface area contributed by atoms with Crippen LogP contribution in [-0.4, -0.2) is 45.7 Å². The van der Waals surface area contributed by atoms with Gasteiger partial charge in [-0.3, -0.25) is 4.79 Å². The van der Waals surface area contributed by atoms with E-state index < -0.39 is 9.84 Å². The molecule has 2 aromatic rings. The third kappa shape index (κ3) is 6.40. The van der Waals surface area contributed by atoms with E-state index in [1.165, 1.54) is 11.2 Å². The van der Waals surface area contributed by atoms with Crippen LogP contribution < -0.4 is 4.74 Å². The standard InChI is InChI=1S/C18H20ClNO4S/c1-20(10-11-24-17-8-6-16(19)7-9-17)18(21)15-5-3-4-14(12-15)13-25(2,22)23/h3-9,12H,10-11,13H2,1-2H3. The first-order chi connectivity index (χ1) is 11.7. The monoisotopic (exact) mass is 381 g/mol. The molecule has 7 heteroatoms. The quantitative estimate of drug-likeness (QED) is 0.739. The fourth-order valence-electron chi connectivity index (χ4n) is 2.25. The van der Waals surface area contributed by atoms with Crippen LogP contribution in [0.15, 0.2) is 48.5 Å². The van der Waals surface area contributed by atoms with Gasteiger partial charge in [0.1, 0.15) is 12.4 Å². The first kappa shape index (κ1) is 19.3. The van der Waals surface area contributed by atoms with Crippen LogP contribution in [0.4, 0.5) is 0 Å². The largest absolute Gasteiger partial charge is 0.492 e. The molecule has 0 spiro atoms. The van der Waals surface area contributed by atoms with Crippen molar-refractivity contribution in [3.05, 3.63) is 64.7 Å². The molecule has 0 bridgehead atoms. The fourth-order valence-corrected chi connectivity index (χ4v) is 3.16. The molecule has 0 unspecified atom stereocenters. The molecular formula is C18H20ClNO4S. The smallest absolute Gasteiger partial charge is 0.253 e. The lowest BCUT2D eigenvalue weighted by atomic mass is 10.1. The van der Waals surface area contributed by atoms with E-state index in [1.54, 1.807) is 55.6 Å². The zero-order chi connectivity index (χ0) is 18.4. The second-order valence-corrected chi connectivity index (χ2v) is 8.38. The molecule has 25 heavy (non-hydrogen) atoms. The summed E-state index contributed by atoms with van der Waals surface area (Å²) >= 11 is 5.81. The minimum atomic E-state index is -3.14. The Kier molecular flexibility index (Phi) is 6.45. The maximum atomic E-state index is 12.5. The number of nitrogens with zero attached hydrogens (tertiary/aromatic N) is 1. The number of benzene rings is 2. The summed E-state index contributed by atoms with van der Waals surface area (Å²) in [5, 5.41) is 0.633. The Morgan fingerprint density at radius 1 is 1.16 bits per heavy atom. The van der Waals surface area contributed by atoms with E-state index in [4.69, 9.17) is 16.3 Å². The molecule has 0 aliphatic carbocycles. The van der Waals surface area contributed by atoms with Gasteiger partial charge in [0, 0.05) is 23.9 Å². The highest BCUT2D eigenvalue weighted by atomic mass is 35.5. The van der Waals surface area contributed by atoms with Crippen molar-refractivity contribution in [1.82, 2.24) is 4.90 Å². The number of carbonyl (C=O) groups is 1. The van der Waals surface area contributed by atoms with Crippen molar-refractivity contribution in [1.29, 1.82) is 0 Å². The summed E-state index contributed by atoms with van der Waals surface area (Å²) in [6, 6.07) is 13.7. The van der Waals surface area contributed by atoms with Crippen molar-refractivity contribution in [3.63, 3.8) is 0 Å². The van der Waals surface area contributed by atoms with Crippen LogP contribution in [0.3, 0.4) is 0 Å². The number of hydrogen-bond acceptors (Lipinski definition) is 4. The molecule has 0 saturated carbocycles. The molecular weight excluding hydrogens is 362 g/mol. The lowest BCUT2D eigenvalue weighted by Gasteiger charge is -2.18. The average Bonchev–Trinajstić information content (AvgIpc) is 2.54. The number of ether oxygens (including phenoxy) is 1. The molecule has 0 heterocycles. The molecule has 0 aliphatic rings. The first-order valence-corrected chi connectivity index (χ1v) is 10.1. The van der Waals surface area contributed by atoms with Gasteiger partial charge in [0.25, 0.3) is 5.91 Å². The van der Waals surface area contributed by atoms with Gasteiger partial charge < -0.3 is 9.64 Å². The number of likely N-dealkylation sites (N-methyl/N-ethyl adjacent to an activating group) is 1. The van der Waals surface area contributed by atoms with Crippen molar-refractivity contribution in [2.45, 2.75) is 5.75 Å². The summed E-state index contributed by atoms with van der Waals surface area (Å²) in [5.41, 5.74) is 1.05. The van der Waals surface area contributed by atoms with Crippen LogP contribution in [0.1, 0.15) is 15.9 Å². The van der Waals surface area contributed by atoms with Gasteiger partial charge in [-0.15, -0.1) is 0 Å². The summed E-state index contributed by atoms with van der Waals surface area (Å²) in [6.07, 6.45) is 1.17. The van der Waals surface area contributed by atoms with Crippen LogP contribution in [0.2, 0.25) is 5.02 Å². The lowest BCUT2D eigenvalue weighted by Crippen LogP contribution is -2.31. The van der Waals surface area contributed by atoms with Gasteiger partial charge in [0.05, 0.1) is 12.3 Å². The Balaban J connectivity index is 1.93. The number of halogens is 1. The summed E-state index contributed by atoms with van der Waals surface area (Å²) < 4.78 is 28.4. The number of rotatable bonds is 7. The Bertz CT molecular complexity index is 834. The normalized spacial score (nSPS) is 11.2. The van der Waals surface area contributed by atoms with E-state index in [0.717, 1.165) is 0 Å². The van der Waals surface area contributed by atoms with Crippen LogP contribution in [0.5, 0.6) is 5.75 Å². The summed E-state index contributed by atoms with van der Waals surface area (Å²) in [4.78, 5) is 14.0. The van der Waals surface area contributed by atoms with E-state index in [0.29, 0.717) is 35.1 Å².